The standard InChI is InChI=1S/C30H34F5N3O7/c1-12(2)10-18-30(44)45-14(4)25(37-27(41)15-8-6-7-9-19(15)39)28(42)36-17(26(40)13(3)29(43)38(18)5)11-16-20(31)22(33)24(35)23(34)21(16)32/h6-9,12-14,17-18,25-26,39-40H,10-11H2,1-5H3,(H,36,42)(H,37,41)/t13-,14-,17+,18?,25+,26+/m1/s1. The number of aromatic hydroxyl groups is 1. The Labute approximate surface area is 255 Å². The van der Waals surface area contributed by atoms with Crippen LogP contribution >= 0.6 is 0 Å². The Morgan fingerprint density at radius 2 is 1.56 bits per heavy atom. The highest BCUT2D eigenvalue weighted by atomic mass is 19.2. The summed E-state index contributed by atoms with van der Waals surface area (Å²) in [5, 5.41) is 25.9. The van der Waals surface area contributed by atoms with Crippen molar-refractivity contribution in [3.8, 4) is 5.75 Å². The Hall–Kier alpha value is -4.27. The van der Waals surface area contributed by atoms with Crippen molar-refractivity contribution in [3.05, 3.63) is 64.5 Å². The first-order valence-corrected chi connectivity index (χ1v) is 14.0. The normalized spacial score (nSPS) is 24.9. The van der Waals surface area contributed by atoms with Crippen LogP contribution in [0.5, 0.6) is 5.75 Å². The minimum absolute atomic E-state index is 0.0751. The summed E-state index contributed by atoms with van der Waals surface area (Å²) in [6.45, 7) is 5.93. The summed E-state index contributed by atoms with van der Waals surface area (Å²) in [4.78, 5) is 54.4. The van der Waals surface area contributed by atoms with Crippen molar-refractivity contribution in [2.75, 3.05) is 7.05 Å². The zero-order valence-electron chi connectivity index (χ0n) is 25.0. The molecular weight excluding hydrogens is 609 g/mol. The number of cyclic esters (lactones) is 1. The molecule has 0 radical (unpaired) electrons. The summed E-state index contributed by atoms with van der Waals surface area (Å²) in [6.07, 6.45) is -4.58. The van der Waals surface area contributed by atoms with Gasteiger partial charge in [-0.3, -0.25) is 14.4 Å². The van der Waals surface area contributed by atoms with Gasteiger partial charge in [0, 0.05) is 19.0 Å². The number of hydrogen-bond donors (Lipinski definition) is 4. The van der Waals surface area contributed by atoms with E-state index in [0.29, 0.717) is 0 Å². The van der Waals surface area contributed by atoms with Gasteiger partial charge in [0.2, 0.25) is 17.6 Å². The molecule has 1 saturated heterocycles. The third-order valence-electron chi connectivity index (χ3n) is 7.64. The number of esters is 1. The summed E-state index contributed by atoms with van der Waals surface area (Å²) >= 11 is 0. The summed E-state index contributed by atoms with van der Waals surface area (Å²) in [5.41, 5.74) is -1.65. The molecule has 1 fully saturated rings. The second kappa shape index (κ2) is 14.2. The number of benzene rings is 2. The van der Waals surface area contributed by atoms with Crippen LogP contribution in [-0.4, -0.2) is 76.2 Å². The van der Waals surface area contributed by atoms with Gasteiger partial charge in [-0.15, -0.1) is 0 Å². The first-order chi connectivity index (χ1) is 21.0. The molecular formula is C30H34F5N3O7. The zero-order valence-corrected chi connectivity index (χ0v) is 25.0. The van der Waals surface area contributed by atoms with Crippen molar-refractivity contribution >= 4 is 23.7 Å². The Kier molecular flexibility index (Phi) is 11.1. The number of phenols is 1. The number of rotatable bonds is 6. The van der Waals surface area contributed by atoms with Crippen molar-refractivity contribution in [1.82, 2.24) is 15.5 Å². The lowest BCUT2D eigenvalue weighted by molar-refractivity contribution is -0.163. The SMILES string of the molecule is CC(C)CC1C(=O)O[C@H](C)[C@H](NC(=O)c2ccccc2O)C(=O)N[C@@H](Cc2c(F)c(F)c(F)c(F)c2F)[C@@H](O)[C@@H](C)C(=O)N1C. The van der Waals surface area contributed by atoms with Gasteiger partial charge in [-0.2, -0.15) is 0 Å². The van der Waals surface area contributed by atoms with E-state index in [9.17, 15) is 51.3 Å². The maximum atomic E-state index is 14.7. The molecule has 10 nitrogen and oxygen atoms in total. The molecule has 0 aromatic heterocycles. The van der Waals surface area contributed by atoms with Crippen LogP contribution in [0.3, 0.4) is 0 Å². The molecule has 3 rings (SSSR count). The number of hydrogen-bond acceptors (Lipinski definition) is 7. The van der Waals surface area contributed by atoms with Crippen LogP contribution < -0.4 is 10.6 Å². The van der Waals surface area contributed by atoms with Gasteiger partial charge in [-0.25, -0.2) is 26.7 Å². The average molecular weight is 644 g/mol. The summed E-state index contributed by atoms with van der Waals surface area (Å²) in [6, 6.07) is 0.390. The second-order valence-corrected chi connectivity index (χ2v) is 11.4. The van der Waals surface area contributed by atoms with E-state index in [1.807, 2.05) is 0 Å². The quantitative estimate of drug-likeness (QED) is 0.164. The van der Waals surface area contributed by atoms with Gasteiger partial charge in [0.25, 0.3) is 5.91 Å². The molecule has 2 aromatic carbocycles. The molecule has 45 heavy (non-hydrogen) atoms. The van der Waals surface area contributed by atoms with Crippen molar-refractivity contribution in [2.24, 2.45) is 11.8 Å². The third kappa shape index (κ3) is 7.52. The average Bonchev–Trinajstić information content (AvgIpc) is 2.99. The number of phenolic OH excluding ortho intramolecular Hbond substituents is 1. The first kappa shape index (κ1) is 35.2. The van der Waals surface area contributed by atoms with Crippen molar-refractivity contribution in [3.63, 3.8) is 0 Å². The fraction of sp³-hybridized carbons (Fsp3) is 0.467. The number of nitrogens with one attached hydrogen (secondary N) is 2. The number of carbonyl (C=O) groups is 4. The van der Waals surface area contributed by atoms with Gasteiger partial charge in [-0.05, 0) is 31.4 Å². The highest BCUT2D eigenvalue weighted by molar-refractivity contribution is 6.00. The number of para-hydroxylation sites is 1. The fourth-order valence-electron chi connectivity index (χ4n) is 5.02. The summed E-state index contributed by atoms with van der Waals surface area (Å²) in [5.74, 6) is -17.5. The van der Waals surface area contributed by atoms with Crippen LogP contribution in [0.4, 0.5) is 22.0 Å². The lowest BCUT2D eigenvalue weighted by atomic mass is 9.90. The first-order valence-electron chi connectivity index (χ1n) is 14.0. The van der Waals surface area contributed by atoms with E-state index < -0.39 is 107 Å². The molecule has 3 amide bonds. The van der Waals surface area contributed by atoms with Gasteiger partial charge in [0.1, 0.15) is 23.9 Å². The van der Waals surface area contributed by atoms with Gasteiger partial charge in [0.05, 0.1) is 23.6 Å². The largest absolute Gasteiger partial charge is 0.507 e. The number of aliphatic hydroxyl groups excluding tert-OH is 1. The number of carbonyl (C=O) groups excluding carboxylic acids is 4. The van der Waals surface area contributed by atoms with Gasteiger partial charge < -0.3 is 30.5 Å². The number of nitrogens with zero attached hydrogens (tertiary/aromatic N) is 1. The van der Waals surface area contributed by atoms with Crippen molar-refractivity contribution in [1.29, 1.82) is 0 Å². The minimum atomic E-state index is -2.42. The molecule has 1 heterocycles. The molecule has 2 aromatic rings. The lowest BCUT2D eigenvalue weighted by Gasteiger charge is -2.37. The predicted octanol–water partition coefficient (Wildman–Crippen LogP) is 2.73. The zero-order chi connectivity index (χ0) is 33.9. The van der Waals surface area contributed by atoms with E-state index in [2.05, 4.69) is 10.6 Å². The van der Waals surface area contributed by atoms with E-state index in [1.165, 1.54) is 45.2 Å². The monoisotopic (exact) mass is 643 g/mol. The molecule has 6 atom stereocenters. The van der Waals surface area contributed by atoms with Gasteiger partial charge in [0.15, 0.2) is 23.3 Å². The number of ether oxygens (including phenoxy) is 1. The van der Waals surface area contributed by atoms with Gasteiger partial charge >= 0.3 is 5.97 Å². The van der Waals surface area contributed by atoms with Crippen LogP contribution in [0.15, 0.2) is 24.3 Å². The smallest absolute Gasteiger partial charge is 0.329 e. The molecule has 0 saturated carbocycles. The molecule has 4 N–H and O–H groups in total. The molecule has 0 aliphatic carbocycles. The number of amides is 3. The maximum Gasteiger partial charge on any atom is 0.329 e. The Bertz CT molecular complexity index is 1440. The summed E-state index contributed by atoms with van der Waals surface area (Å²) in [7, 11) is 1.26. The van der Waals surface area contributed by atoms with Crippen LogP contribution in [0.1, 0.15) is 50.0 Å². The number of likely N-dealkylation sites (N-methyl/N-ethyl adjacent to an activating group) is 1. The van der Waals surface area contributed by atoms with E-state index in [0.717, 1.165) is 4.90 Å². The summed E-state index contributed by atoms with van der Waals surface area (Å²) < 4.78 is 76.7. The topological polar surface area (TPSA) is 145 Å². The van der Waals surface area contributed by atoms with Crippen LogP contribution in [0, 0.1) is 40.9 Å². The Morgan fingerprint density at radius 1 is 1.00 bits per heavy atom. The van der Waals surface area contributed by atoms with Crippen LogP contribution in [-0.2, 0) is 25.5 Å². The van der Waals surface area contributed by atoms with E-state index >= 15 is 0 Å². The Morgan fingerprint density at radius 3 is 2.11 bits per heavy atom. The predicted molar refractivity (Wildman–Crippen MR) is 148 cm³/mol. The Balaban J connectivity index is 2.14. The van der Waals surface area contributed by atoms with Crippen LogP contribution in [0.25, 0.3) is 0 Å². The number of halogens is 5. The molecule has 1 aliphatic rings. The molecule has 1 unspecified atom stereocenters. The molecule has 0 bridgehead atoms. The highest BCUT2D eigenvalue weighted by Crippen LogP contribution is 2.27. The van der Waals surface area contributed by atoms with E-state index in [4.69, 9.17) is 4.74 Å². The van der Waals surface area contributed by atoms with Crippen LogP contribution in [0.2, 0.25) is 0 Å². The fourth-order valence-corrected chi connectivity index (χ4v) is 5.02. The van der Waals surface area contributed by atoms with Crippen molar-refractivity contribution in [2.45, 2.75) is 70.9 Å². The minimum Gasteiger partial charge on any atom is -0.507 e. The highest BCUT2D eigenvalue weighted by Gasteiger charge is 2.42. The molecule has 1 aliphatic heterocycles. The molecule has 246 valence electrons. The third-order valence-corrected chi connectivity index (χ3v) is 7.64. The molecule has 0 spiro atoms. The van der Waals surface area contributed by atoms with Crippen molar-refractivity contribution < 1.29 is 56.1 Å². The van der Waals surface area contributed by atoms with E-state index in [-0.39, 0.29) is 17.9 Å². The van der Waals surface area contributed by atoms with E-state index in [1.54, 1.807) is 13.8 Å². The molecule has 15 heteroatoms. The van der Waals surface area contributed by atoms with Gasteiger partial charge in [-0.1, -0.05) is 32.9 Å². The lowest BCUT2D eigenvalue weighted by Crippen LogP contribution is -2.61. The maximum absolute atomic E-state index is 14.7. The second-order valence-electron chi connectivity index (χ2n) is 11.4. The number of aliphatic hydroxyl groups is 1.